The van der Waals surface area contributed by atoms with Gasteiger partial charge in [0.25, 0.3) is 5.78 Å². The van der Waals surface area contributed by atoms with Crippen LogP contribution in [0.5, 0.6) is 0 Å². The SMILES string of the molecule is CS[C@H](CO)[C@H](C)Nc1cc(-c2ccccc2)nc2ncnn12. The lowest BCUT2D eigenvalue weighted by Crippen LogP contribution is -2.31. The monoisotopic (exact) mass is 329 g/mol. The van der Waals surface area contributed by atoms with Gasteiger partial charge >= 0.3 is 0 Å². The molecule has 0 saturated carbocycles. The normalized spacial score (nSPS) is 13.9. The molecule has 0 aliphatic carbocycles. The number of hydrogen-bond donors (Lipinski definition) is 2. The molecule has 7 heteroatoms. The lowest BCUT2D eigenvalue weighted by molar-refractivity contribution is 0.288. The molecule has 0 fully saturated rings. The smallest absolute Gasteiger partial charge is 0.254 e. The first-order valence-corrected chi connectivity index (χ1v) is 8.68. The van der Waals surface area contributed by atoms with E-state index in [0.29, 0.717) is 5.78 Å². The molecular weight excluding hydrogens is 310 g/mol. The molecule has 3 aromatic rings. The summed E-state index contributed by atoms with van der Waals surface area (Å²) in [6.07, 6.45) is 3.48. The molecule has 0 aliphatic rings. The first-order chi connectivity index (χ1) is 11.2. The van der Waals surface area contributed by atoms with Gasteiger partial charge in [-0.1, -0.05) is 30.3 Å². The van der Waals surface area contributed by atoms with Crippen LogP contribution in [0, 0.1) is 0 Å². The number of thioether (sulfide) groups is 1. The van der Waals surface area contributed by atoms with E-state index in [1.165, 1.54) is 6.33 Å². The summed E-state index contributed by atoms with van der Waals surface area (Å²) in [6, 6.07) is 12.0. The number of nitrogens with one attached hydrogen (secondary N) is 1. The largest absolute Gasteiger partial charge is 0.395 e. The van der Waals surface area contributed by atoms with Crippen LogP contribution in [0.4, 0.5) is 5.82 Å². The van der Waals surface area contributed by atoms with Crippen LogP contribution in [0.1, 0.15) is 6.92 Å². The van der Waals surface area contributed by atoms with Crippen molar-refractivity contribution in [1.29, 1.82) is 0 Å². The van der Waals surface area contributed by atoms with Crippen molar-refractivity contribution in [3.63, 3.8) is 0 Å². The van der Waals surface area contributed by atoms with E-state index >= 15 is 0 Å². The summed E-state index contributed by atoms with van der Waals surface area (Å²) >= 11 is 1.63. The maximum atomic E-state index is 9.47. The Morgan fingerprint density at radius 2 is 2.09 bits per heavy atom. The van der Waals surface area contributed by atoms with Gasteiger partial charge in [0.05, 0.1) is 12.3 Å². The van der Waals surface area contributed by atoms with Crippen LogP contribution in [0.3, 0.4) is 0 Å². The van der Waals surface area contributed by atoms with Crippen molar-refractivity contribution in [1.82, 2.24) is 19.6 Å². The third-order valence-corrected chi connectivity index (χ3v) is 4.90. The van der Waals surface area contributed by atoms with Gasteiger partial charge in [-0.05, 0) is 13.2 Å². The van der Waals surface area contributed by atoms with Crippen molar-refractivity contribution in [2.45, 2.75) is 18.2 Å². The number of aromatic nitrogens is 4. The molecule has 3 rings (SSSR count). The summed E-state index contributed by atoms with van der Waals surface area (Å²) < 4.78 is 1.68. The van der Waals surface area contributed by atoms with Gasteiger partial charge in [0, 0.05) is 22.9 Å². The summed E-state index contributed by atoms with van der Waals surface area (Å²) in [7, 11) is 0. The Morgan fingerprint density at radius 3 is 2.78 bits per heavy atom. The van der Waals surface area contributed by atoms with E-state index in [-0.39, 0.29) is 17.9 Å². The Kier molecular flexibility index (Phi) is 4.78. The molecule has 0 spiro atoms. The van der Waals surface area contributed by atoms with Crippen LogP contribution < -0.4 is 5.32 Å². The van der Waals surface area contributed by atoms with Crippen molar-refractivity contribution >= 4 is 23.4 Å². The van der Waals surface area contributed by atoms with Crippen LogP contribution >= 0.6 is 11.8 Å². The third kappa shape index (κ3) is 3.30. The van der Waals surface area contributed by atoms with Crippen LogP contribution in [0.25, 0.3) is 17.0 Å². The third-order valence-electron chi connectivity index (χ3n) is 3.74. The van der Waals surface area contributed by atoms with Crippen LogP contribution in [-0.2, 0) is 0 Å². The van der Waals surface area contributed by atoms with E-state index in [1.54, 1.807) is 16.3 Å². The van der Waals surface area contributed by atoms with Crippen LogP contribution in [0.2, 0.25) is 0 Å². The number of anilines is 1. The van der Waals surface area contributed by atoms with E-state index in [0.717, 1.165) is 17.1 Å². The first-order valence-electron chi connectivity index (χ1n) is 7.39. The molecule has 6 nitrogen and oxygen atoms in total. The van der Waals surface area contributed by atoms with Crippen molar-refractivity contribution < 1.29 is 5.11 Å². The fourth-order valence-corrected chi connectivity index (χ4v) is 3.06. The molecule has 2 aromatic heterocycles. The number of benzene rings is 1. The Hall–Kier alpha value is -2.12. The molecule has 2 N–H and O–H groups in total. The Morgan fingerprint density at radius 1 is 1.30 bits per heavy atom. The average Bonchev–Trinajstić information content (AvgIpc) is 3.05. The zero-order valence-corrected chi connectivity index (χ0v) is 13.9. The lowest BCUT2D eigenvalue weighted by atomic mass is 10.1. The molecule has 0 amide bonds. The standard InChI is InChI=1S/C16H19N5OS/c1-11(14(9-22)23-2)19-15-8-13(12-6-4-3-5-7-12)20-16-17-10-18-21(15)16/h3-8,10-11,14,19,22H,9H2,1-2H3/t11-,14+/m0/s1. The highest BCUT2D eigenvalue weighted by atomic mass is 32.2. The number of hydrogen-bond acceptors (Lipinski definition) is 6. The zero-order chi connectivity index (χ0) is 16.2. The van der Waals surface area contributed by atoms with Gasteiger partial charge in [-0.2, -0.15) is 26.4 Å². The van der Waals surface area contributed by atoms with Gasteiger partial charge in [0.15, 0.2) is 0 Å². The zero-order valence-electron chi connectivity index (χ0n) is 13.0. The lowest BCUT2D eigenvalue weighted by Gasteiger charge is -2.22. The van der Waals surface area contributed by atoms with E-state index < -0.39 is 0 Å². The summed E-state index contributed by atoms with van der Waals surface area (Å²) in [6.45, 7) is 2.16. The Labute approximate surface area is 139 Å². The van der Waals surface area contributed by atoms with Crippen LogP contribution in [-0.4, -0.2) is 48.8 Å². The second-order valence-electron chi connectivity index (χ2n) is 5.25. The van der Waals surface area contributed by atoms with Gasteiger partial charge in [-0.15, -0.1) is 0 Å². The van der Waals surface area contributed by atoms with E-state index in [9.17, 15) is 5.11 Å². The van der Waals surface area contributed by atoms with E-state index in [1.807, 2.05) is 49.6 Å². The predicted octanol–water partition coefficient (Wildman–Crippen LogP) is 2.32. The molecule has 1 aromatic carbocycles. The molecule has 0 unspecified atom stereocenters. The summed E-state index contributed by atoms with van der Waals surface area (Å²) in [4.78, 5) is 8.76. The van der Waals surface area contributed by atoms with Crippen molar-refractivity contribution in [3.05, 3.63) is 42.7 Å². The van der Waals surface area contributed by atoms with Gasteiger partial charge in [0.2, 0.25) is 0 Å². The molecule has 120 valence electrons. The highest BCUT2D eigenvalue weighted by Gasteiger charge is 2.17. The molecule has 0 radical (unpaired) electrons. The topological polar surface area (TPSA) is 75.3 Å². The molecule has 23 heavy (non-hydrogen) atoms. The number of aliphatic hydroxyl groups is 1. The Bertz CT molecular complexity index is 772. The highest BCUT2D eigenvalue weighted by molar-refractivity contribution is 7.99. The molecular formula is C16H19N5OS. The Balaban J connectivity index is 2.00. The second kappa shape index (κ2) is 6.97. The van der Waals surface area contributed by atoms with Crippen molar-refractivity contribution in [2.24, 2.45) is 0 Å². The highest BCUT2D eigenvalue weighted by Crippen LogP contribution is 2.23. The minimum atomic E-state index is 0.0772. The summed E-state index contributed by atoms with van der Waals surface area (Å²) in [5.41, 5.74) is 1.86. The van der Waals surface area contributed by atoms with E-state index in [4.69, 9.17) is 0 Å². The van der Waals surface area contributed by atoms with Crippen molar-refractivity contribution in [3.8, 4) is 11.3 Å². The quantitative estimate of drug-likeness (QED) is 0.723. The average molecular weight is 329 g/mol. The molecule has 0 bridgehead atoms. The fourth-order valence-electron chi connectivity index (χ4n) is 2.43. The minimum absolute atomic E-state index is 0.0772. The molecule has 2 heterocycles. The fraction of sp³-hybridized carbons (Fsp3) is 0.312. The number of nitrogens with zero attached hydrogens (tertiary/aromatic N) is 4. The number of aliphatic hydroxyl groups excluding tert-OH is 1. The first kappa shape index (κ1) is 15.8. The van der Waals surface area contributed by atoms with Gasteiger partial charge in [-0.25, -0.2) is 4.98 Å². The van der Waals surface area contributed by atoms with Gasteiger partial charge < -0.3 is 10.4 Å². The second-order valence-corrected chi connectivity index (χ2v) is 6.33. The van der Waals surface area contributed by atoms with Crippen LogP contribution in [0.15, 0.2) is 42.7 Å². The van der Waals surface area contributed by atoms with E-state index in [2.05, 4.69) is 20.4 Å². The van der Waals surface area contributed by atoms with Gasteiger partial charge in [0.1, 0.15) is 12.1 Å². The maximum Gasteiger partial charge on any atom is 0.254 e. The number of rotatable bonds is 6. The molecule has 0 saturated heterocycles. The molecule has 2 atom stereocenters. The molecule has 0 aliphatic heterocycles. The van der Waals surface area contributed by atoms with Crippen molar-refractivity contribution in [2.75, 3.05) is 18.2 Å². The minimum Gasteiger partial charge on any atom is -0.395 e. The predicted molar refractivity (Wildman–Crippen MR) is 93.7 cm³/mol. The maximum absolute atomic E-state index is 9.47. The van der Waals surface area contributed by atoms with Gasteiger partial charge in [-0.3, -0.25) is 0 Å². The summed E-state index contributed by atoms with van der Waals surface area (Å²) in [5, 5.41) is 17.2. The summed E-state index contributed by atoms with van der Waals surface area (Å²) in [5.74, 6) is 1.36. The number of fused-ring (bicyclic) bond motifs is 1.